The standard InChI is InChI=1S/C23H23NO4/c1-15(18-8-10-21-22(14-18)27-12-11-26-21)24-23(25)16(2)28-20-9-7-17-5-3-4-6-19(17)13-20/h3-10,13-16H,11-12H2,1-2H3,(H,24,25). The number of benzene rings is 3. The first-order valence-electron chi connectivity index (χ1n) is 9.45. The van der Waals surface area contributed by atoms with Gasteiger partial charge in [0, 0.05) is 0 Å². The molecule has 28 heavy (non-hydrogen) atoms. The maximum Gasteiger partial charge on any atom is 0.261 e. The summed E-state index contributed by atoms with van der Waals surface area (Å²) in [5, 5.41) is 5.22. The minimum absolute atomic E-state index is 0.171. The molecule has 0 bridgehead atoms. The summed E-state index contributed by atoms with van der Waals surface area (Å²) >= 11 is 0. The molecule has 3 aromatic carbocycles. The predicted molar refractivity (Wildman–Crippen MR) is 108 cm³/mol. The Balaban J connectivity index is 1.40. The summed E-state index contributed by atoms with van der Waals surface area (Å²) in [6.45, 7) is 4.78. The monoisotopic (exact) mass is 377 g/mol. The maximum absolute atomic E-state index is 12.6. The molecule has 0 saturated carbocycles. The third-order valence-corrected chi connectivity index (χ3v) is 4.83. The highest BCUT2D eigenvalue weighted by atomic mass is 16.6. The first-order chi connectivity index (χ1) is 13.6. The molecular formula is C23H23NO4. The Labute approximate surface area is 164 Å². The van der Waals surface area contributed by atoms with Crippen LogP contribution in [0.25, 0.3) is 10.8 Å². The van der Waals surface area contributed by atoms with Crippen LogP contribution in [0.15, 0.2) is 60.7 Å². The van der Waals surface area contributed by atoms with Gasteiger partial charge in [0.2, 0.25) is 0 Å². The Kier molecular flexibility index (Phi) is 5.06. The third-order valence-electron chi connectivity index (χ3n) is 4.83. The van der Waals surface area contributed by atoms with E-state index in [1.165, 1.54) is 0 Å². The molecule has 0 fully saturated rings. The summed E-state index contributed by atoms with van der Waals surface area (Å²) in [7, 11) is 0. The lowest BCUT2D eigenvalue weighted by Crippen LogP contribution is -2.37. The summed E-state index contributed by atoms with van der Waals surface area (Å²) in [5.74, 6) is 1.95. The molecule has 1 aliphatic rings. The summed E-state index contributed by atoms with van der Waals surface area (Å²) in [6.07, 6.45) is -0.610. The van der Waals surface area contributed by atoms with Crippen molar-refractivity contribution in [2.75, 3.05) is 13.2 Å². The molecule has 1 amide bonds. The number of nitrogens with one attached hydrogen (secondary N) is 1. The van der Waals surface area contributed by atoms with E-state index < -0.39 is 6.10 Å². The molecule has 5 nitrogen and oxygen atoms in total. The molecule has 0 saturated heterocycles. The lowest BCUT2D eigenvalue weighted by molar-refractivity contribution is -0.127. The highest BCUT2D eigenvalue weighted by molar-refractivity contribution is 5.84. The van der Waals surface area contributed by atoms with Crippen LogP contribution in [0.3, 0.4) is 0 Å². The average Bonchev–Trinajstić information content (AvgIpc) is 2.73. The van der Waals surface area contributed by atoms with E-state index in [4.69, 9.17) is 14.2 Å². The highest BCUT2D eigenvalue weighted by Crippen LogP contribution is 2.32. The van der Waals surface area contributed by atoms with Crippen LogP contribution in [0.5, 0.6) is 17.2 Å². The van der Waals surface area contributed by atoms with Crippen molar-refractivity contribution in [3.8, 4) is 17.2 Å². The summed E-state index contributed by atoms with van der Waals surface area (Å²) in [4.78, 5) is 12.6. The van der Waals surface area contributed by atoms with Gasteiger partial charge in [0.15, 0.2) is 17.6 Å². The normalized spacial score (nSPS) is 14.9. The SMILES string of the molecule is CC(Oc1ccc2ccccc2c1)C(=O)NC(C)c1ccc2c(c1)OCCO2. The molecule has 0 aliphatic carbocycles. The van der Waals surface area contributed by atoms with Gasteiger partial charge in [0.25, 0.3) is 5.91 Å². The van der Waals surface area contributed by atoms with E-state index in [1.807, 2.05) is 67.6 Å². The molecular weight excluding hydrogens is 354 g/mol. The first kappa shape index (κ1) is 18.2. The molecule has 1 N–H and O–H groups in total. The van der Waals surface area contributed by atoms with Gasteiger partial charge in [0.05, 0.1) is 6.04 Å². The number of hydrogen-bond donors (Lipinski definition) is 1. The number of carbonyl (C=O) groups is 1. The molecule has 4 rings (SSSR count). The van der Waals surface area contributed by atoms with Crippen LogP contribution in [-0.2, 0) is 4.79 Å². The smallest absolute Gasteiger partial charge is 0.261 e. The van der Waals surface area contributed by atoms with Crippen LogP contribution in [0.2, 0.25) is 0 Å². The molecule has 0 spiro atoms. The largest absolute Gasteiger partial charge is 0.486 e. The Morgan fingerprint density at radius 2 is 1.68 bits per heavy atom. The Hall–Kier alpha value is -3.21. The fraction of sp³-hybridized carbons (Fsp3) is 0.261. The van der Waals surface area contributed by atoms with Crippen LogP contribution in [0.1, 0.15) is 25.5 Å². The van der Waals surface area contributed by atoms with E-state index in [0.29, 0.717) is 24.7 Å². The molecule has 0 radical (unpaired) electrons. The third kappa shape index (κ3) is 3.88. The van der Waals surface area contributed by atoms with Gasteiger partial charge in [-0.05, 0) is 54.4 Å². The van der Waals surface area contributed by atoms with Gasteiger partial charge in [-0.2, -0.15) is 0 Å². The molecule has 144 valence electrons. The van der Waals surface area contributed by atoms with Crippen LogP contribution >= 0.6 is 0 Å². The van der Waals surface area contributed by atoms with Crippen LogP contribution in [-0.4, -0.2) is 25.2 Å². The number of rotatable bonds is 5. The van der Waals surface area contributed by atoms with E-state index in [-0.39, 0.29) is 11.9 Å². The van der Waals surface area contributed by atoms with Crippen LogP contribution in [0.4, 0.5) is 0 Å². The average molecular weight is 377 g/mol. The van der Waals surface area contributed by atoms with Crippen molar-refractivity contribution in [1.29, 1.82) is 0 Å². The lowest BCUT2D eigenvalue weighted by atomic mass is 10.1. The van der Waals surface area contributed by atoms with Gasteiger partial charge in [0.1, 0.15) is 19.0 Å². The van der Waals surface area contributed by atoms with Crippen molar-refractivity contribution in [3.05, 3.63) is 66.2 Å². The van der Waals surface area contributed by atoms with Crippen LogP contribution in [0, 0.1) is 0 Å². The topological polar surface area (TPSA) is 56.8 Å². The minimum atomic E-state index is -0.610. The number of ether oxygens (including phenoxy) is 3. The van der Waals surface area contributed by atoms with Crippen molar-refractivity contribution in [3.63, 3.8) is 0 Å². The zero-order valence-corrected chi connectivity index (χ0v) is 16.0. The van der Waals surface area contributed by atoms with Gasteiger partial charge in [-0.1, -0.05) is 36.4 Å². The summed E-state index contributed by atoms with van der Waals surface area (Å²) < 4.78 is 17.0. The lowest BCUT2D eigenvalue weighted by Gasteiger charge is -2.22. The highest BCUT2D eigenvalue weighted by Gasteiger charge is 2.20. The predicted octanol–water partition coefficient (Wildman–Crippen LogP) is 4.26. The van der Waals surface area contributed by atoms with Gasteiger partial charge in [-0.3, -0.25) is 4.79 Å². The Morgan fingerprint density at radius 1 is 0.929 bits per heavy atom. The minimum Gasteiger partial charge on any atom is -0.486 e. The second-order valence-corrected chi connectivity index (χ2v) is 6.90. The summed E-state index contributed by atoms with van der Waals surface area (Å²) in [6, 6.07) is 19.4. The molecule has 2 atom stereocenters. The molecule has 0 aromatic heterocycles. The molecule has 2 unspecified atom stereocenters. The van der Waals surface area contributed by atoms with E-state index in [9.17, 15) is 4.79 Å². The van der Waals surface area contributed by atoms with Gasteiger partial charge in [-0.25, -0.2) is 0 Å². The molecule has 1 heterocycles. The Bertz CT molecular complexity index is 1000. The molecule has 3 aromatic rings. The first-order valence-corrected chi connectivity index (χ1v) is 9.45. The number of fused-ring (bicyclic) bond motifs is 2. The van der Waals surface area contributed by atoms with Crippen molar-refractivity contribution in [2.24, 2.45) is 0 Å². The zero-order chi connectivity index (χ0) is 19.5. The second kappa shape index (κ2) is 7.80. The number of hydrogen-bond acceptors (Lipinski definition) is 4. The van der Waals surface area contributed by atoms with Gasteiger partial charge >= 0.3 is 0 Å². The fourth-order valence-corrected chi connectivity index (χ4v) is 3.24. The fourth-order valence-electron chi connectivity index (χ4n) is 3.24. The molecule has 5 heteroatoms. The van der Waals surface area contributed by atoms with E-state index in [2.05, 4.69) is 5.32 Å². The quantitative estimate of drug-likeness (QED) is 0.722. The molecule has 1 aliphatic heterocycles. The van der Waals surface area contributed by atoms with Gasteiger partial charge < -0.3 is 19.5 Å². The van der Waals surface area contributed by atoms with E-state index in [1.54, 1.807) is 6.92 Å². The van der Waals surface area contributed by atoms with E-state index >= 15 is 0 Å². The van der Waals surface area contributed by atoms with Gasteiger partial charge in [-0.15, -0.1) is 0 Å². The van der Waals surface area contributed by atoms with E-state index in [0.717, 1.165) is 22.1 Å². The van der Waals surface area contributed by atoms with Crippen molar-refractivity contribution in [2.45, 2.75) is 26.0 Å². The maximum atomic E-state index is 12.6. The van der Waals surface area contributed by atoms with Crippen molar-refractivity contribution < 1.29 is 19.0 Å². The number of amides is 1. The van der Waals surface area contributed by atoms with Crippen molar-refractivity contribution in [1.82, 2.24) is 5.32 Å². The zero-order valence-electron chi connectivity index (χ0n) is 16.0. The second-order valence-electron chi connectivity index (χ2n) is 6.90. The number of carbonyl (C=O) groups excluding carboxylic acids is 1. The summed E-state index contributed by atoms with van der Waals surface area (Å²) in [5.41, 5.74) is 0.954. The van der Waals surface area contributed by atoms with Crippen LogP contribution < -0.4 is 19.5 Å². The Morgan fingerprint density at radius 3 is 2.50 bits per heavy atom. The van der Waals surface area contributed by atoms with Crippen molar-refractivity contribution >= 4 is 16.7 Å².